The summed E-state index contributed by atoms with van der Waals surface area (Å²) in [5.41, 5.74) is -4.66. The maximum Gasteiger partial charge on any atom is 0.508 e. The molecule has 1 amide bonds. The van der Waals surface area contributed by atoms with Gasteiger partial charge in [-0.15, -0.1) is 0 Å². The molecule has 0 fully saturated rings. The summed E-state index contributed by atoms with van der Waals surface area (Å²) in [5, 5.41) is 1.79. The predicted octanol–water partition coefficient (Wildman–Crippen LogP) is 5.69. The molecule has 2 N–H and O–H groups in total. The van der Waals surface area contributed by atoms with Crippen LogP contribution in [0.4, 0.5) is 32.0 Å². The van der Waals surface area contributed by atoms with Crippen molar-refractivity contribution in [1.29, 1.82) is 0 Å². The molecule has 7 nitrogen and oxygen atoms in total. The molecule has 0 aliphatic rings. The van der Waals surface area contributed by atoms with Crippen LogP contribution in [0.3, 0.4) is 0 Å². The Hall–Kier alpha value is -2.31. The molecule has 0 radical (unpaired) electrons. The van der Waals surface area contributed by atoms with Crippen LogP contribution in [0.15, 0.2) is 36.4 Å². The highest BCUT2D eigenvalue weighted by Crippen LogP contribution is 2.43. The first-order valence-electron chi connectivity index (χ1n) is 7.77. The second-order valence-corrected chi connectivity index (χ2v) is 7.59. The Labute approximate surface area is 175 Å². The molecule has 2 aromatic carbocycles. The lowest BCUT2D eigenvalue weighted by Gasteiger charge is -2.16. The molecule has 0 aliphatic carbocycles. The van der Waals surface area contributed by atoms with E-state index in [9.17, 15) is 35.7 Å². The van der Waals surface area contributed by atoms with Crippen molar-refractivity contribution in [3.05, 3.63) is 58.1 Å². The summed E-state index contributed by atoms with van der Waals surface area (Å²) < 4.78 is 97.3. The Bertz CT molecular complexity index is 996. The average Bonchev–Trinajstić information content (AvgIpc) is 2.65. The Balaban J connectivity index is 2.41. The van der Waals surface area contributed by atoms with Gasteiger partial charge in [-0.05, 0) is 36.4 Å². The lowest BCUT2D eigenvalue weighted by atomic mass is 10.1. The predicted molar refractivity (Wildman–Crippen MR) is 94.4 cm³/mol. The number of anilines is 1. The summed E-state index contributed by atoms with van der Waals surface area (Å²) in [7, 11) is -3.84. The highest BCUT2D eigenvalue weighted by molar-refractivity contribution is 7.47. The zero-order valence-electron chi connectivity index (χ0n) is 15.0. The second kappa shape index (κ2) is 9.05. The quantitative estimate of drug-likeness (QED) is 0.232. The summed E-state index contributed by atoms with van der Waals surface area (Å²) in [4.78, 5) is 26.2. The molecule has 0 spiro atoms. The van der Waals surface area contributed by atoms with Gasteiger partial charge in [0.05, 0.1) is 16.7 Å². The van der Waals surface area contributed by atoms with Crippen LogP contribution in [-0.4, -0.2) is 17.9 Å². The molecular formula is C16H11ClF6NO6P. The molecule has 0 saturated carbocycles. The van der Waals surface area contributed by atoms with Crippen LogP contribution in [0.2, 0.25) is 5.02 Å². The van der Waals surface area contributed by atoms with E-state index < -0.39 is 54.2 Å². The van der Waals surface area contributed by atoms with Crippen molar-refractivity contribution in [3.8, 4) is 5.75 Å². The van der Waals surface area contributed by atoms with Crippen LogP contribution in [0, 0.1) is 0 Å². The molecule has 0 heterocycles. The molecule has 2 rings (SSSR count). The number of benzene rings is 2. The van der Waals surface area contributed by atoms with Gasteiger partial charge in [-0.2, -0.15) is 26.3 Å². The highest BCUT2D eigenvalue weighted by Gasteiger charge is 2.37. The summed E-state index contributed by atoms with van der Waals surface area (Å²) in [6.45, 7) is 0. The Morgan fingerprint density at radius 3 is 2.06 bits per heavy atom. The number of alkyl halides is 6. The lowest BCUT2D eigenvalue weighted by molar-refractivity contribution is -0.143. The number of halogens is 7. The molecule has 0 bridgehead atoms. The fourth-order valence-corrected chi connectivity index (χ4v) is 2.50. The van der Waals surface area contributed by atoms with Gasteiger partial charge in [0.2, 0.25) is 0 Å². The number of rotatable bonds is 6. The largest absolute Gasteiger partial charge is 0.508 e. The zero-order chi connectivity index (χ0) is 23.6. The first kappa shape index (κ1) is 25.0. The number of phosphoric acid groups is 1. The first-order chi connectivity index (χ1) is 14.1. The number of hydrogen-bond donors (Lipinski definition) is 2. The van der Waals surface area contributed by atoms with E-state index in [0.29, 0.717) is 12.1 Å². The van der Waals surface area contributed by atoms with Crippen molar-refractivity contribution in [3.63, 3.8) is 0 Å². The number of phosphoric ester groups is 1. The third kappa shape index (κ3) is 6.84. The number of carbonyl (C=O) groups excluding carboxylic acids is 1. The van der Waals surface area contributed by atoms with Gasteiger partial charge in [-0.25, -0.2) is 4.57 Å². The maximum absolute atomic E-state index is 13.0. The second-order valence-electron chi connectivity index (χ2n) is 5.70. The van der Waals surface area contributed by atoms with Gasteiger partial charge >= 0.3 is 20.2 Å². The van der Waals surface area contributed by atoms with E-state index in [4.69, 9.17) is 16.5 Å². The number of nitrogens with one attached hydrogen (secondary N) is 1. The van der Waals surface area contributed by atoms with Gasteiger partial charge in [0.25, 0.3) is 5.91 Å². The first-order valence-corrected chi connectivity index (χ1v) is 9.65. The van der Waals surface area contributed by atoms with Crippen LogP contribution in [0.5, 0.6) is 5.75 Å². The fourth-order valence-electron chi connectivity index (χ4n) is 2.10. The summed E-state index contributed by atoms with van der Waals surface area (Å²) in [6, 6.07) is 3.57. The smallest absolute Gasteiger partial charge is 0.326 e. The maximum atomic E-state index is 13.0. The van der Waals surface area contributed by atoms with Crippen molar-refractivity contribution >= 4 is 31.0 Å². The van der Waals surface area contributed by atoms with Crippen LogP contribution in [0.1, 0.15) is 21.5 Å². The Morgan fingerprint density at radius 1 is 1.03 bits per heavy atom. The number of carbonyl (C=O) groups is 1. The van der Waals surface area contributed by atoms with E-state index in [-0.39, 0.29) is 11.1 Å². The molecule has 15 heteroatoms. The van der Waals surface area contributed by atoms with Crippen molar-refractivity contribution in [1.82, 2.24) is 0 Å². The number of amides is 1. The van der Waals surface area contributed by atoms with Gasteiger partial charge < -0.3 is 15.1 Å². The Morgan fingerprint density at radius 2 is 1.58 bits per heavy atom. The third-order valence-corrected chi connectivity index (χ3v) is 4.44. The third-order valence-electron chi connectivity index (χ3n) is 3.48. The van der Waals surface area contributed by atoms with E-state index in [0.717, 1.165) is 25.3 Å². The van der Waals surface area contributed by atoms with Crippen molar-refractivity contribution in [2.45, 2.75) is 12.4 Å². The molecule has 31 heavy (non-hydrogen) atoms. The summed E-state index contributed by atoms with van der Waals surface area (Å²) >= 11 is 5.75. The van der Waals surface area contributed by atoms with Crippen LogP contribution >= 0.6 is 19.4 Å². The van der Waals surface area contributed by atoms with E-state index in [1.165, 1.54) is 0 Å². The van der Waals surface area contributed by atoms with Crippen molar-refractivity contribution in [2.24, 2.45) is 0 Å². The number of hydrogen-bond acceptors (Lipinski definition) is 5. The van der Waals surface area contributed by atoms with Crippen LogP contribution < -0.4 is 10.2 Å². The molecule has 0 aromatic heterocycles. The molecular weight excluding hydrogens is 483 g/mol. The van der Waals surface area contributed by atoms with E-state index >= 15 is 0 Å². The van der Waals surface area contributed by atoms with Gasteiger partial charge in [0, 0.05) is 17.8 Å². The highest BCUT2D eigenvalue weighted by atomic mass is 35.5. The molecule has 0 saturated heterocycles. The minimum atomic E-state index is -5.12. The van der Waals surface area contributed by atoms with Crippen LogP contribution in [0.25, 0.3) is 0 Å². The molecule has 2 aromatic rings. The Kier molecular flexibility index (Phi) is 7.28. The molecule has 0 aliphatic heterocycles. The van der Waals surface area contributed by atoms with E-state index in [1.807, 2.05) is 5.32 Å². The zero-order valence-corrected chi connectivity index (χ0v) is 16.7. The van der Waals surface area contributed by atoms with E-state index in [2.05, 4.69) is 14.1 Å². The summed E-state index contributed by atoms with van der Waals surface area (Å²) in [5.74, 6) is -1.78. The molecule has 1 atom stereocenters. The molecule has 1 unspecified atom stereocenters. The standard InChI is InChI=1S/C16H11ClF6NO6P/c1-28-31(26,27)30-29-13-3-2-10(17)7-12(13)14(25)24-11-5-8(15(18,19)20)4-9(6-11)16(21,22)23/h2-7H,1H3,(H,24,25)(H,26,27). The lowest BCUT2D eigenvalue weighted by Crippen LogP contribution is -2.16. The van der Waals surface area contributed by atoms with Gasteiger partial charge in [-0.1, -0.05) is 16.3 Å². The van der Waals surface area contributed by atoms with Crippen molar-refractivity contribution < 1.29 is 54.7 Å². The van der Waals surface area contributed by atoms with Gasteiger partial charge in [-0.3, -0.25) is 9.32 Å². The van der Waals surface area contributed by atoms with Crippen molar-refractivity contribution in [2.75, 3.05) is 12.4 Å². The van der Waals surface area contributed by atoms with Gasteiger partial charge in [0.1, 0.15) is 0 Å². The topological polar surface area (TPSA) is 94.1 Å². The van der Waals surface area contributed by atoms with E-state index in [1.54, 1.807) is 0 Å². The van der Waals surface area contributed by atoms with Gasteiger partial charge in [0.15, 0.2) is 5.75 Å². The average molecular weight is 494 g/mol. The normalized spacial score (nSPS) is 14.1. The SMILES string of the molecule is COP(=O)(O)OOc1ccc(Cl)cc1C(=O)Nc1cc(C(F)(F)F)cc(C(F)(F)F)c1. The minimum Gasteiger partial charge on any atom is -0.326 e. The monoisotopic (exact) mass is 493 g/mol. The fraction of sp³-hybridized carbons (Fsp3) is 0.188. The van der Waals surface area contributed by atoms with Crippen LogP contribution in [-0.2, 0) is 26.1 Å². The molecule has 170 valence electrons. The summed E-state index contributed by atoms with van der Waals surface area (Å²) in [6.07, 6.45) is -10.2. The minimum absolute atomic E-state index is 0.0727.